The third-order valence-electron chi connectivity index (χ3n) is 3.18. The molecule has 0 fully saturated rings. The van der Waals surface area contributed by atoms with E-state index in [2.05, 4.69) is 41.4 Å². The molecule has 0 bridgehead atoms. The first kappa shape index (κ1) is 15.1. The summed E-state index contributed by atoms with van der Waals surface area (Å²) in [6.07, 6.45) is 3.65. The van der Waals surface area contributed by atoms with Crippen LogP contribution in [0.3, 0.4) is 0 Å². The van der Waals surface area contributed by atoms with Crippen LogP contribution in [0.25, 0.3) is 0 Å². The number of pyridine rings is 1. The smallest absolute Gasteiger partial charge is 0.141 e. The average Bonchev–Trinajstić information content (AvgIpc) is 2.84. The molecule has 0 aliphatic carbocycles. The van der Waals surface area contributed by atoms with E-state index in [1.807, 2.05) is 7.05 Å². The monoisotopic (exact) mass is 293 g/mol. The minimum atomic E-state index is -0.308. The second-order valence-electron chi connectivity index (χ2n) is 5.86. The number of halogens is 1. The highest BCUT2D eigenvalue weighted by molar-refractivity contribution is 7.09. The van der Waals surface area contributed by atoms with Crippen LogP contribution >= 0.6 is 11.3 Å². The number of aromatic nitrogens is 2. The predicted octanol–water partition coefficient (Wildman–Crippen LogP) is 3.48. The van der Waals surface area contributed by atoms with Crippen LogP contribution in [0.5, 0.6) is 0 Å². The third kappa shape index (κ3) is 3.61. The van der Waals surface area contributed by atoms with Gasteiger partial charge in [0.2, 0.25) is 0 Å². The Bertz CT molecular complexity index is 574. The van der Waals surface area contributed by atoms with Crippen molar-refractivity contribution in [1.29, 1.82) is 0 Å². The molecule has 5 heteroatoms. The van der Waals surface area contributed by atoms with Crippen LogP contribution in [-0.4, -0.2) is 17.0 Å². The van der Waals surface area contributed by atoms with Gasteiger partial charge < -0.3 is 5.32 Å². The Hall–Kier alpha value is -1.33. The van der Waals surface area contributed by atoms with E-state index in [1.54, 1.807) is 17.5 Å². The van der Waals surface area contributed by atoms with Crippen LogP contribution in [0.1, 0.15) is 43.1 Å². The fourth-order valence-corrected chi connectivity index (χ4v) is 3.00. The van der Waals surface area contributed by atoms with Crippen LogP contribution in [0.4, 0.5) is 4.39 Å². The average molecular weight is 293 g/mol. The predicted molar refractivity (Wildman–Crippen MR) is 80.5 cm³/mol. The van der Waals surface area contributed by atoms with E-state index < -0.39 is 0 Å². The van der Waals surface area contributed by atoms with Gasteiger partial charge >= 0.3 is 0 Å². The zero-order valence-electron chi connectivity index (χ0n) is 12.3. The summed E-state index contributed by atoms with van der Waals surface area (Å²) in [7, 11) is 1.87. The number of nitrogens with one attached hydrogen (secondary N) is 1. The Morgan fingerprint density at radius 3 is 2.65 bits per heavy atom. The zero-order chi connectivity index (χ0) is 14.8. The van der Waals surface area contributed by atoms with Crippen LogP contribution in [0.2, 0.25) is 0 Å². The van der Waals surface area contributed by atoms with E-state index in [9.17, 15) is 4.39 Å². The number of nitrogens with zero attached hydrogens (tertiary/aromatic N) is 2. The van der Waals surface area contributed by atoms with Crippen molar-refractivity contribution in [2.45, 2.75) is 38.6 Å². The van der Waals surface area contributed by atoms with Crippen molar-refractivity contribution in [3.63, 3.8) is 0 Å². The number of thiazole rings is 1. The summed E-state index contributed by atoms with van der Waals surface area (Å²) >= 11 is 1.65. The SMILES string of the molecule is CNC(Cc1nc(C(C)(C)C)cs1)c1cncc(F)c1. The number of hydrogen-bond donors (Lipinski definition) is 1. The summed E-state index contributed by atoms with van der Waals surface area (Å²) in [5.74, 6) is -0.308. The second-order valence-corrected chi connectivity index (χ2v) is 6.80. The number of rotatable bonds is 4. The lowest BCUT2D eigenvalue weighted by atomic mass is 9.93. The second kappa shape index (κ2) is 5.97. The van der Waals surface area contributed by atoms with Crippen molar-refractivity contribution in [3.8, 4) is 0 Å². The van der Waals surface area contributed by atoms with Crippen LogP contribution in [0, 0.1) is 5.82 Å². The third-order valence-corrected chi connectivity index (χ3v) is 4.05. The Morgan fingerprint density at radius 1 is 1.35 bits per heavy atom. The molecule has 0 aliphatic rings. The maximum absolute atomic E-state index is 13.3. The number of hydrogen-bond acceptors (Lipinski definition) is 4. The van der Waals surface area contributed by atoms with Gasteiger partial charge in [0, 0.05) is 29.5 Å². The molecule has 3 nitrogen and oxygen atoms in total. The molecule has 2 aromatic heterocycles. The highest BCUT2D eigenvalue weighted by atomic mass is 32.1. The van der Waals surface area contributed by atoms with Crippen molar-refractivity contribution in [3.05, 3.63) is 45.9 Å². The Kier molecular flexibility index (Phi) is 4.50. The molecule has 2 heterocycles. The maximum Gasteiger partial charge on any atom is 0.141 e. The van der Waals surface area contributed by atoms with E-state index in [0.29, 0.717) is 0 Å². The lowest BCUT2D eigenvalue weighted by Crippen LogP contribution is -2.19. The first-order valence-corrected chi connectivity index (χ1v) is 7.50. The Balaban J connectivity index is 2.16. The molecule has 0 spiro atoms. The van der Waals surface area contributed by atoms with Gasteiger partial charge in [0.05, 0.1) is 16.9 Å². The summed E-state index contributed by atoms with van der Waals surface area (Å²) in [5.41, 5.74) is 2.01. The van der Waals surface area contributed by atoms with Crippen molar-refractivity contribution in [1.82, 2.24) is 15.3 Å². The van der Waals surface area contributed by atoms with Gasteiger partial charge in [-0.25, -0.2) is 9.37 Å². The molecule has 0 aliphatic heterocycles. The lowest BCUT2D eigenvalue weighted by molar-refractivity contribution is 0.555. The molecule has 20 heavy (non-hydrogen) atoms. The summed E-state index contributed by atoms with van der Waals surface area (Å²) in [5, 5.41) is 6.36. The minimum absolute atomic E-state index is 0.0252. The van der Waals surface area contributed by atoms with Gasteiger partial charge in [0.25, 0.3) is 0 Å². The first-order chi connectivity index (χ1) is 9.40. The lowest BCUT2D eigenvalue weighted by Gasteiger charge is -2.16. The van der Waals surface area contributed by atoms with Gasteiger partial charge in [-0.1, -0.05) is 20.8 Å². The van der Waals surface area contributed by atoms with Gasteiger partial charge in [0.15, 0.2) is 0 Å². The standard InChI is InChI=1S/C15H20FN3S/c1-15(2,3)13-9-20-14(19-13)6-12(17-4)10-5-11(16)8-18-7-10/h5,7-9,12,17H,6H2,1-4H3. The minimum Gasteiger partial charge on any atom is -0.313 e. The van der Waals surface area contributed by atoms with E-state index in [1.165, 1.54) is 12.3 Å². The molecule has 108 valence electrons. The molecule has 0 aromatic carbocycles. The van der Waals surface area contributed by atoms with Gasteiger partial charge in [-0.15, -0.1) is 11.3 Å². The Labute approximate surface area is 123 Å². The van der Waals surface area contributed by atoms with Crippen LogP contribution in [0.15, 0.2) is 23.8 Å². The van der Waals surface area contributed by atoms with Gasteiger partial charge in [-0.05, 0) is 18.7 Å². The van der Waals surface area contributed by atoms with Crippen molar-refractivity contribution in [2.24, 2.45) is 0 Å². The topological polar surface area (TPSA) is 37.8 Å². The summed E-state index contributed by atoms with van der Waals surface area (Å²) in [4.78, 5) is 8.59. The van der Waals surface area contributed by atoms with Gasteiger partial charge in [-0.2, -0.15) is 0 Å². The molecule has 1 atom stereocenters. The molecular formula is C15H20FN3S. The summed E-state index contributed by atoms with van der Waals surface area (Å²) in [6.45, 7) is 6.45. The highest BCUT2D eigenvalue weighted by Gasteiger charge is 2.19. The molecule has 0 amide bonds. The molecule has 0 radical (unpaired) electrons. The quantitative estimate of drug-likeness (QED) is 0.938. The molecule has 1 unspecified atom stereocenters. The molecular weight excluding hydrogens is 273 g/mol. The fraction of sp³-hybridized carbons (Fsp3) is 0.467. The molecule has 1 N–H and O–H groups in total. The van der Waals surface area contributed by atoms with Gasteiger partial charge in [0.1, 0.15) is 5.82 Å². The fourth-order valence-electron chi connectivity index (χ4n) is 1.93. The number of likely N-dealkylation sites (N-methyl/N-ethyl adjacent to an activating group) is 1. The first-order valence-electron chi connectivity index (χ1n) is 6.62. The van der Waals surface area contributed by atoms with E-state index in [-0.39, 0.29) is 17.3 Å². The molecule has 0 saturated heterocycles. The highest BCUT2D eigenvalue weighted by Crippen LogP contribution is 2.26. The van der Waals surface area contributed by atoms with Crippen LogP contribution < -0.4 is 5.32 Å². The van der Waals surface area contributed by atoms with Crippen molar-refractivity contribution < 1.29 is 4.39 Å². The van der Waals surface area contributed by atoms with E-state index >= 15 is 0 Å². The van der Waals surface area contributed by atoms with Crippen molar-refractivity contribution >= 4 is 11.3 Å². The van der Waals surface area contributed by atoms with Crippen LogP contribution in [-0.2, 0) is 11.8 Å². The Morgan fingerprint density at radius 2 is 2.10 bits per heavy atom. The largest absolute Gasteiger partial charge is 0.313 e. The van der Waals surface area contributed by atoms with Gasteiger partial charge in [-0.3, -0.25) is 4.98 Å². The normalized spacial score (nSPS) is 13.4. The van der Waals surface area contributed by atoms with Crippen molar-refractivity contribution in [2.75, 3.05) is 7.05 Å². The summed E-state index contributed by atoms with van der Waals surface area (Å²) in [6, 6.07) is 1.55. The van der Waals surface area contributed by atoms with E-state index in [0.717, 1.165) is 22.7 Å². The molecule has 2 rings (SSSR count). The zero-order valence-corrected chi connectivity index (χ0v) is 13.1. The summed E-state index contributed by atoms with van der Waals surface area (Å²) < 4.78 is 13.3. The maximum atomic E-state index is 13.3. The molecule has 0 saturated carbocycles. The van der Waals surface area contributed by atoms with E-state index in [4.69, 9.17) is 0 Å². The molecule has 2 aromatic rings.